The number of piperazine rings is 1. The summed E-state index contributed by atoms with van der Waals surface area (Å²) in [7, 11) is 0. The normalized spacial score (nSPS) is 29.2. The average molecular weight is 363 g/mol. The van der Waals surface area contributed by atoms with Gasteiger partial charge in [0.05, 0.1) is 0 Å². The Labute approximate surface area is 140 Å². The van der Waals surface area contributed by atoms with Crippen molar-refractivity contribution in [1.82, 2.24) is 9.80 Å². The second kappa shape index (κ2) is 5.97. The molecule has 1 aliphatic heterocycles. The lowest BCUT2D eigenvalue weighted by Crippen LogP contribution is -2.53. The molecule has 0 bridgehead atoms. The SMILES string of the molecule is O=C([C@H]1C[C@@H]1c1ccc(Br)cc1)N1CCN(C2CCC2)CC1. The molecule has 2 saturated carbocycles. The standard InChI is InChI=1S/C18H23BrN2O/c19-14-6-4-13(5-7-14)16-12-17(16)18(22)21-10-8-20(9-11-21)15-2-1-3-15/h4-7,15-17H,1-3,8-12H2/t16-,17+/m1/s1. The Morgan fingerprint density at radius 2 is 1.73 bits per heavy atom. The number of carbonyl (C=O) groups is 1. The molecule has 22 heavy (non-hydrogen) atoms. The summed E-state index contributed by atoms with van der Waals surface area (Å²) in [5, 5.41) is 0. The summed E-state index contributed by atoms with van der Waals surface area (Å²) in [6.45, 7) is 4.01. The van der Waals surface area contributed by atoms with E-state index < -0.39 is 0 Å². The number of rotatable bonds is 3. The minimum Gasteiger partial charge on any atom is -0.340 e. The monoisotopic (exact) mass is 362 g/mol. The Balaban J connectivity index is 1.31. The van der Waals surface area contributed by atoms with Gasteiger partial charge in [0.15, 0.2) is 0 Å². The summed E-state index contributed by atoms with van der Waals surface area (Å²) in [5.41, 5.74) is 1.31. The molecule has 1 amide bonds. The molecule has 4 rings (SSSR count). The van der Waals surface area contributed by atoms with Crippen LogP contribution in [0.15, 0.2) is 28.7 Å². The van der Waals surface area contributed by atoms with Crippen molar-refractivity contribution in [3.63, 3.8) is 0 Å². The van der Waals surface area contributed by atoms with Gasteiger partial charge in [0.1, 0.15) is 0 Å². The molecular weight excluding hydrogens is 340 g/mol. The van der Waals surface area contributed by atoms with Gasteiger partial charge in [-0.25, -0.2) is 0 Å². The molecule has 1 heterocycles. The van der Waals surface area contributed by atoms with E-state index in [0.717, 1.165) is 43.1 Å². The summed E-state index contributed by atoms with van der Waals surface area (Å²) in [4.78, 5) is 17.4. The Bertz CT molecular complexity index is 547. The van der Waals surface area contributed by atoms with Crippen molar-refractivity contribution in [3.8, 4) is 0 Å². The number of hydrogen-bond donors (Lipinski definition) is 0. The molecule has 2 atom stereocenters. The summed E-state index contributed by atoms with van der Waals surface area (Å²) < 4.78 is 1.10. The molecule has 4 heteroatoms. The summed E-state index contributed by atoms with van der Waals surface area (Å²) in [6, 6.07) is 9.26. The van der Waals surface area contributed by atoms with Gasteiger partial charge in [-0.1, -0.05) is 34.5 Å². The lowest BCUT2D eigenvalue weighted by atomic mass is 9.91. The lowest BCUT2D eigenvalue weighted by molar-refractivity contribution is -0.135. The predicted octanol–water partition coefficient (Wildman–Crippen LogP) is 3.25. The Kier molecular flexibility index (Phi) is 3.99. The van der Waals surface area contributed by atoms with Crippen LogP contribution in [-0.2, 0) is 4.79 Å². The Hall–Kier alpha value is -0.870. The maximum atomic E-state index is 12.7. The maximum Gasteiger partial charge on any atom is 0.226 e. The molecule has 1 aromatic carbocycles. The minimum atomic E-state index is 0.233. The first-order valence-electron chi connectivity index (χ1n) is 8.50. The molecule has 1 aromatic rings. The van der Waals surface area contributed by atoms with Gasteiger partial charge >= 0.3 is 0 Å². The molecule has 0 unspecified atom stereocenters. The molecule has 0 aromatic heterocycles. The highest BCUT2D eigenvalue weighted by Gasteiger charge is 2.46. The van der Waals surface area contributed by atoms with Crippen LogP contribution >= 0.6 is 15.9 Å². The zero-order valence-electron chi connectivity index (χ0n) is 12.9. The topological polar surface area (TPSA) is 23.6 Å². The van der Waals surface area contributed by atoms with E-state index in [-0.39, 0.29) is 5.92 Å². The van der Waals surface area contributed by atoms with Gasteiger partial charge in [-0.05, 0) is 42.9 Å². The molecule has 3 fully saturated rings. The fraction of sp³-hybridized carbons (Fsp3) is 0.611. The second-order valence-electron chi connectivity index (χ2n) is 6.95. The van der Waals surface area contributed by atoms with E-state index in [1.54, 1.807) is 0 Å². The number of hydrogen-bond acceptors (Lipinski definition) is 2. The van der Waals surface area contributed by atoms with E-state index in [1.807, 2.05) is 0 Å². The van der Waals surface area contributed by atoms with Gasteiger partial charge in [-0.15, -0.1) is 0 Å². The fourth-order valence-corrected chi connectivity index (χ4v) is 4.10. The third-order valence-corrected chi connectivity index (χ3v) is 6.15. The zero-order chi connectivity index (χ0) is 15.1. The summed E-state index contributed by atoms with van der Waals surface area (Å²) in [5.74, 6) is 1.07. The van der Waals surface area contributed by atoms with Gasteiger partial charge in [-0.2, -0.15) is 0 Å². The van der Waals surface area contributed by atoms with Gasteiger partial charge in [0.2, 0.25) is 5.91 Å². The van der Waals surface area contributed by atoms with Crippen molar-refractivity contribution < 1.29 is 4.79 Å². The minimum absolute atomic E-state index is 0.233. The summed E-state index contributed by atoms with van der Waals surface area (Å²) in [6.07, 6.45) is 5.15. The smallest absolute Gasteiger partial charge is 0.226 e. The molecule has 0 spiro atoms. The van der Waals surface area contributed by atoms with Crippen molar-refractivity contribution in [3.05, 3.63) is 34.3 Å². The van der Waals surface area contributed by atoms with Crippen LogP contribution < -0.4 is 0 Å². The van der Waals surface area contributed by atoms with Gasteiger partial charge in [-0.3, -0.25) is 9.69 Å². The number of benzene rings is 1. The first kappa shape index (κ1) is 14.7. The maximum absolute atomic E-state index is 12.7. The first-order chi connectivity index (χ1) is 10.7. The van der Waals surface area contributed by atoms with Crippen molar-refractivity contribution >= 4 is 21.8 Å². The molecule has 2 aliphatic carbocycles. The van der Waals surface area contributed by atoms with Crippen molar-refractivity contribution in [2.75, 3.05) is 26.2 Å². The largest absolute Gasteiger partial charge is 0.340 e. The Morgan fingerprint density at radius 1 is 1.05 bits per heavy atom. The molecule has 0 radical (unpaired) electrons. The van der Waals surface area contributed by atoms with Crippen molar-refractivity contribution in [2.45, 2.75) is 37.6 Å². The molecule has 118 valence electrons. The fourth-order valence-electron chi connectivity index (χ4n) is 3.84. The van der Waals surface area contributed by atoms with E-state index in [4.69, 9.17) is 0 Å². The van der Waals surface area contributed by atoms with Crippen LogP contribution in [0.25, 0.3) is 0 Å². The molecule has 3 nitrogen and oxygen atoms in total. The van der Waals surface area contributed by atoms with Gasteiger partial charge < -0.3 is 4.90 Å². The van der Waals surface area contributed by atoms with Crippen LogP contribution in [0.3, 0.4) is 0 Å². The number of halogens is 1. The van der Waals surface area contributed by atoms with Crippen LogP contribution in [0, 0.1) is 5.92 Å². The number of amides is 1. The van der Waals surface area contributed by atoms with Crippen LogP contribution in [0.4, 0.5) is 0 Å². The zero-order valence-corrected chi connectivity index (χ0v) is 14.5. The molecule has 0 N–H and O–H groups in total. The summed E-state index contributed by atoms with van der Waals surface area (Å²) >= 11 is 3.47. The molecule has 1 saturated heterocycles. The quantitative estimate of drug-likeness (QED) is 0.823. The van der Waals surface area contributed by atoms with E-state index in [0.29, 0.717) is 11.8 Å². The highest BCUT2D eigenvalue weighted by atomic mass is 79.9. The predicted molar refractivity (Wildman–Crippen MR) is 90.8 cm³/mol. The van der Waals surface area contributed by atoms with Crippen LogP contribution in [0.5, 0.6) is 0 Å². The third-order valence-electron chi connectivity index (χ3n) is 5.62. The van der Waals surface area contributed by atoms with E-state index >= 15 is 0 Å². The Morgan fingerprint density at radius 3 is 2.32 bits per heavy atom. The number of nitrogens with zero attached hydrogens (tertiary/aromatic N) is 2. The number of carbonyl (C=O) groups excluding carboxylic acids is 1. The molecular formula is C18H23BrN2O. The second-order valence-corrected chi connectivity index (χ2v) is 7.86. The van der Waals surface area contributed by atoms with E-state index in [1.165, 1.54) is 24.8 Å². The lowest BCUT2D eigenvalue weighted by Gasteiger charge is -2.43. The van der Waals surface area contributed by atoms with Gasteiger partial charge in [0.25, 0.3) is 0 Å². The van der Waals surface area contributed by atoms with Crippen molar-refractivity contribution in [2.24, 2.45) is 5.92 Å². The van der Waals surface area contributed by atoms with Crippen molar-refractivity contribution in [1.29, 1.82) is 0 Å². The van der Waals surface area contributed by atoms with Crippen LogP contribution in [0.2, 0.25) is 0 Å². The van der Waals surface area contributed by atoms with E-state index in [9.17, 15) is 4.79 Å². The third kappa shape index (κ3) is 2.83. The van der Waals surface area contributed by atoms with E-state index in [2.05, 4.69) is 50.0 Å². The van der Waals surface area contributed by atoms with Crippen LogP contribution in [0.1, 0.15) is 37.2 Å². The average Bonchev–Trinajstić information content (AvgIpc) is 3.27. The van der Waals surface area contributed by atoms with Crippen LogP contribution in [-0.4, -0.2) is 47.9 Å². The first-order valence-corrected chi connectivity index (χ1v) is 9.30. The van der Waals surface area contributed by atoms with Gasteiger partial charge in [0, 0.05) is 42.6 Å². The highest BCUT2D eigenvalue weighted by molar-refractivity contribution is 9.10. The molecule has 3 aliphatic rings. The highest BCUT2D eigenvalue weighted by Crippen LogP contribution is 2.48.